The maximum Gasteiger partial charge on any atom is 0.253 e. The Labute approximate surface area is 204 Å². The summed E-state index contributed by atoms with van der Waals surface area (Å²) in [6.45, 7) is 11.4. The van der Waals surface area contributed by atoms with Gasteiger partial charge in [-0.1, -0.05) is 27.7 Å². The highest BCUT2D eigenvalue weighted by molar-refractivity contribution is 14.1. The molecule has 3 rings (SSSR count). The molecular formula is C25H34IN5O. The standard InChI is InChI=1S/C25H34IN5O/c1-17(2)15-30(16-18(3)4)24(32)19-6-11-22-23(14-19)31(13-5-12-27)25(29-22)28-21-9-7-20(26)8-10-21/h6-11,14,17-18H,5,12-13,15-16,27H2,1-4H3,(H,28,29). The summed E-state index contributed by atoms with van der Waals surface area (Å²) in [6, 6.07) is 14.0. The lowest BCUT2D eigenvalue weighted by molar-refractivity contribution is 0.0715. The lowest BCUT2D eigenvalue weighted by atomic mass is 10.1. The summed E-state index contributed by atoms with van der Waals surface area (Å²) in [6.07, 6.45) is 0.831. The summed E-state index contributed by atoms with van der Waals surface area (Å²) in [5.41, 5.74) is 9.30. The third-order valence-corrected chi connectivity index (χ3v) is 5.86. The van der Waals surface area contributed by atoms with E-state index < -0.39 is 0 Å². The second-order valence-electron chi connectivity index (χ2n) is 9.06. The van der Waals surface area contributed by atoms with E-state index in [0.717, 1.165) is 48.7 Å². The molecule has 0 spiro atoms. The van der Waals surface area contributed by atoms with Crippen molar-refractivity contribution in [3.63, 3.8) is 0 Å². The van der Waals surface area contributed by atoms with Crippen LogP contribution in [0.1, 0.15) is 44.5 Å². The summed E-state index contributed by atoms with van der Waals surface area (Å²) < 4.78 is 3.31. The number of carbonyl (C=O) groups excluding carboxylic acids is 1. The van der Waals surface area contributed by atoms with E-state index in [9.17, 15) is 4.79 Å². The molecule has 172 valence electrons. The van der Waals surface area contributed by atoms with Gasteiger partial charge in [-0.2, -0.15) is 0 Å². The topological polar surface area (TPSA) is 76.2 Å². The molecule has 7 heteroatoms. The van der Waals surface area contributed by atoms with Crippen molar-refractivity contribution in [2.75, 3.05) is 25.0 Å². The van der Waals surface area contributed by atoms with Gasteiger partial charge < -0.3 is 20.5 Å². The van der Waals surface area contributed by atoms with E-state index in [1.807, 2.05) is 35.2 Å². The lowest BCUT2D eigenvalue weighted by Gasteiger charge is -2.26. The number of nitrogens with zero attached hydrogens (tertiary/aromatic N) is 3. The minimum atomic E-state index is 0.0769. The maximum absolute atomic E-state index is 13.4. The average Bonchev–Trinajstić information content (AvgIpc) is 3.08. The molecule has 3 N–H and O–H groups in total. The fraction of sp³-hybridized carbons (Fsp3) is 0.440. The monoisotopic (exact) mass is 547 g/mol. The number of halogens is 1. The highest BCUT2D eigenvalue weighted by Crippen LogP contribution is 2.25. The van der Waals surface area contributed by atoms with Crippen LogP contribution >= 0.6 is 22.6 Å². The summed E-state index contributed by atoms with van der Waals surface area (Å²) >= 11 is 2.29. The molecule has 6 nitrogen and oxygen atoms in total. The van der Waals surface area contributed by atoms with Crippen molar-refractivity contribution in [1.82, 2.24) is 14.5 Å². The minimum Gasteiger partial charge on any atom is -0.338 e. The number of nitrogens with one attached hydrogen (secondary N) is 1. The number of imidazole rings is 1. The third kappa shape index (κ3) is 6.22. The lowest BCUT2D eigenvalue weighted by Crippen LogP contribution is -2.37. The first-order chi connectivity index (χ1) is 15.3. The van der Waals surface area contributed by atoms with Gasteiger partial charge in [-0.15, -0.1) is 0 Å². The van der Waals surface area contributed by atoms with Gasteiger partial charge in [-0.3, -0.25) is 4.79 Å². The summed E-state index contributed by atoms with van der Waals surface area (Å²) in [7, 11) is 0. The van der Waals surface area contributed by atoms with Gasteiger partial charge in [0.1, 0.15) is 0 Å². The Balaban J connectivity index is 1.98. The fourth-order valence-corrected chi connectivity index (χ4v) is 4.15. The number of hydrogen-bond acceptors (Lipinski definition) is 4. The van der Waals surface area contributed by atoms with Crippen LogP contribution in [0.15, 0.2) is 42.5 Å². The number of amides is 1. The van der Waals surface area contributed by atoms with Crippen molar-refractivity contribution in [2.24, 2.45) is 17.6 Å². The van der Waals surface area contributed by atoms with Crippen LogP contribution in [0.2, 0.25) is 0 Å². The number of anilines is 2. The quantitative estimate of drug-likeness (QED) is 0.330. The van der Waals surface area contributed by atoms with Gasteiger partial charge in [-0.25, -0.2) is 4.98 Å². The van der Waals surface area contributed by atoms with Crippen molar-refractivity contribution in [3.8, 4) is 0 Å². The maximum atomic E-state index is 13.4. The van der Waals surface area contributed by atoms with E-state index in [4.69, 9.17) is 10.7 Å². The predicted molar refractivity (Wildman–Crippen MR) is 141 cm³/mol. The van der Waals surface area contributed by atoms with Gasteiger partial charge in [-0.05, 0) is 89.9 Å². The molecule has 0 bridgehead atoms. The van der Waals surface area contributed by atoms with Gasteiger partial charge in [0, 0.05) is 34.5 Å². The highest BCUT2D eigenvalue weighted by atomic mass is 127. The molecule has 2 aromatic carbocycles. The van der Waals surface area contributed by atoms with Crippen molar-refractivity contribution < 1.29 is 4.79 Å². The van der Waals surface area contributed by atoms with E-state index in [1.165, 1.54) is 3.57 Å². The van der Waals surface area contributed by atoms with E-state index in [-0.39, 0.29) is 5.91 Å². The first-order valence-electron chi connectivity index (χ1n) is 11.3. The summed E-state index contributed by atoms with van der Waals surface area (Å²) in [5.74, 6) is 1.68. The Morgan fingerprint density at radius 3 is 2.34 bits per heavy atom. The number of aromatic nitrogens is 2. The zero-order valence-electron chi connectivity index (χ0n) is 19.4. The summed E-state index contributed by atoms with van der Waals surface area (Å²) in [5, 5.41) is 3.43. The third-order valence-electron chi connectivity index (χ3n) is 5.14. The van der Waals surface area contributed by atoms with Gasteiger partial charge in [0.2, 0.25) is 5.95 Å². The number of nitrogens with two attached hydrogens (primary N) is 1. The molecule has 32 heavy (non-hydrogen) atoms. The molecule has 0 aliphatic carbocycles. The second-order valence-corrected chi connectivity index (χ2v) is 10.3. The van der Waals surface area contributed by atoms with Crippen LogP contribution in [-0.2, 0) is 6.54 Å². The van der Waals surface area contributed by atoms with Crippen molar-refractivity contribution in [1.29, 1.82) is 0 Å². The molecule has 0 aliphatic rings. The van der Waals surface area contributed by atoms with Crippen LogP contribution in [0, 0.1) is 15.4 Å². The second kappa shape index (κ2) is 11.1. The Morgan fingerprint density at radius 1 is 1.09 bits per heavy atom. The number of hydrogen-bond donors (Lipinski definition) is 2. The van der Waals surface area contributed by atoms with Crippen molar-refractivity contribution >= 4 is 51.2 Å². The van der Waals surface area contributed by atoms with Crippen LogP contribution in [-0.4, -0.2) is 40.0 Å². The van der Waals surface area contributed by atoms with Gasteiger partial charge in [0.05, 0.1) is 11.0 Å². The molecule has 0 fully saturated rings. The normalized spacial score (nSPS) is 11.5. The average molecular weight is 547 g/mol. The SMILES string of the molecule is CC(C)CN(CC(C)C)C(=O)c1ccc2nc(Nc3ccc(I)cc3)n(CCCN)c2c1. The van der Waals surface area contributed by atoms with E-state index in [0.29, 0.717) is 23.9 Å². The number of fused-ring (bicyclic) bond motifs is 1. The van der Waals surface area contributed by atoms with Crippen LogP contribution in [0.5, 0.6) is 0 Å². The van der Waals surface area contributed by atoms with E-state index in [2.05, 4.69) is 72.3 Å². The molecule has 1 amide bonds. The number of carbonyl (C=O) groups is 1. The molecule has 0 unspecified atom stereocenters. The molecular weight excluding hydrogens is 513 g/mol. The largest absolute Gasteiger partial charge is 0.338 e. The molecule has 1 heterocycles. The summed E-state index contributed by atoms with van der Waals surface area (Å²) in [4.78, 5) is 20.2. The van der Waals surface area contributed by atoms with Crippen LogP contribution in [0.4, 0.5) is 11.6 Å². The molecule has 3 aromatic rings. The Morgan fingerprint density at radius 2 is 1.75 bits per heavy atom. The van der Waals surface area contributed by atoms with Gasteiger partial charge >= 0.3 is 0 Å². The molecule has 0 saturated carbocycles. The van der Waals surface area contributed by atoms with Crippen LogP contribution < -0.4 is 11.1 Å². The van der Waals surface area contributed by atoms with E-state index in [1.54, 1.807) is 0 Å². The molecule has 0 radical (unpaired) electrons. The molecule has 0 saturated heterocycles. The van der Waals surface area contributed by atoms with Crippen LogP contribution in [0.25, 0.3) is 11.0 Å². The van der Waals surface area contributed by atoms with Crippen LogP contribution in [0.3, 0.4) is 0 Å². The van der Waals surface area contributed by atoms with Crippen molar-refractivity contribution in [2.45, 2.75) is 40.7 Å². The Hall–Kier alpha value is -2.13. The zero-order valence-corrected chi connectivity index (χ0v) is 21.6. The van der Waals surface area contributed by atoms with Gasteiger partial charge in [0.15, 0.2) is 0 Å². The highest BCUT2D eigenvalue weighted by Gasteiger charge is 2.20. The van der Waals surface area contributed by atoms with E-state index >= 15 is 0 Å². The molecule has 1 aromatic heterocycles. The minimum absolute atomic E-state index is 0.0769. The smallest absolute Gasteiger partial charge is 0.253 e. The Bertz CT molecular complexity index is 1030. The first kappa shape index (κ1) is 24.5. The Kier molecular flexibility index (Phi) is 8.53. The van der Waals surface area contributed by atoms with Crippen molar-refractivity contribution in [3.05, 3.63) is 51.6 Å². The zero-order chi connectivity index (χ0) is 23.3. The first-order valence-corrected chi connectivity index (χ1v) is 12.4. The number of aryl methyl sites for hydroxylation is 1. The number of rotatable bonds is 10. The predicted octanol–water partition coefficient (Wildman–Crippen LogP) is 5.49. The number of benzene rings is 2. The molecule has 0 atom stereocenters. The van der Waals surface area contributed by atoms with Gasteiger partial charge in [0.25, 0.3) is 5.91 Å². The fourth-order valence-electron chi connectivity index (χ4n) is 3.79. The molecule has 0 aliphatic heterocycles.